The van der Waals surface area contributed by atoms with Crippen molar-refractivity contribution in [3.63, 3.8) is 0 Å². The van der Waals surface area contributed by atoms with Crippen LogP contribution in [0.25, 0.3) is 0 Å². The fourth-order valence-electron chi connectivity index (χ4n) is 5.17. The lowest BCUT2D eigenvalue weighted by molar-refractivity contribution is -0.134. The fourth-order valence-corrected chi connectivity index (χ4v) is 6.07. The SMILES string of the molecule is Cc1ccc(N2CCN(CC(=O)N3CCc4sccc4C3c3ccccc3)CC2)c(C)c1. The van der Waals surface area contributed by atoms with Gasteiger partial charge >= 0.3 is 0 Å². The predicted octanol–water partition coefficient (Wildman–Crippen LogP) is 4.66. The zero-order valence-electron chi connectivity index (χ0n) is 19.0. The first kappa shape index (κ1) is 21.2. The number of piperazine rings is 1. The second-order valence-electron chi connectivity index (χ2n) is 9.00. The van der Waals surface area contributed by atoms with Crippen molar-refractivity contribution in [3.05, 3.63) is 87.1 Å². The maximum absolute atomic E-state index is 13.5. The minimum atomic E-state index is 0.0372. The van der Waals surface area contributed by atoms with Crippen LogP contribution in [0.15, 0.2) is 60.0 Å². The summed E-state index contributed by atoms with van der Waals surface area (Å²) in [6.07, 6.45) is 0.961. The molecular weight excluding hydrogens is 414 g/mol. The number of carbonyl (C=O) groups is 1. The van der Waals surface area contributed by atoms with Gasteiger partial charge in [-0.05, 0) is 54.5 Å². The summed E-state index contributed by atoms with van der Waals surface area (Å²) in [5, 5.41) is 2.17. The molecule has 1 amide bonds. The normalized spacial score (nSPS) is 19.1. The molecule has 166 valence electrons. The highest BCUT2D eigenvalue weighted by Crippen LogP contribution is 2.37. The van der Waals surface area contributed by atoms with Gasteiger partial charge in [-0.2, -0.15) is 0 Å². The topological polar surface area (TPSA) is 26.8 Å². The summed E-state index contributed by atoms with van der Waals surface area (Å²) in [4.78, 5) is 21.8. The van der Waals surface area contributed by atoms with E-state index in [2.05, 4.69) is 82.5 Å². The van der Waals surface area contributed by atoms with Crippen LogP contribution in [0.1, 0.15) is 33.2 Å². The molecule has 1 fully saturated rings. The van der Waals surface area contributed by atoms with E-state index in [1.807, 2.05) is 17.4 Å². The number of aryl methyl sites for hydroxylation is 2. The largest absolute Gasteiger partial charge is 0.369 e. The number of thiophene rings is 1. The van der Waals surface area contributed by atoms with Crippen molar-refractivity contribution in [1.82, 2.24) is 9.80 Å². The first-order valence-corrected chi connectivity index (χ1v) is 12.4. The number of amides is 1. The van der Waals surface area contributed by atoms with E-state index >= 15 is 0 Å². The molecule has 1 atom stereocenters. The molecule has 32 heavy (non-hydrogen) atoms. The molecule has 2 aliphatic rings. The van der Waals surface area contributed by atoms with Gasteiger partial charge in [-0.3, -0.25) is 9.69 Å². The quantitative estimate of drug-likeness (QED) is 0.584. The zero-order valence-corrected chi connectivity index (χ0v) is 19.8. The third kappa shape index (κ3) is 4.19. The van der Waals surface area contributed by atoms with Gasteiger partial charge < -0.3 is 9.80 Å². The van der Waals surface area contributed by atoms with E-state index in [0.717, 1.165) is 39.1 Å². The average Bonchev–Trinajstić information content (AvgIpc) is 3.29. The van der Waals surface area contributed by atoms with Crippen LogP contribution in [0.5, 0.6) is 0 Å². The highest BCUT2D eigenvalue weighted by atomic mass is 32.1. The summed E-state index contributed by atoms with van der Waals surface area (Å²) in [5.41, 5.74) is 6.48. The standard InChI is InChI=1S/C27H31N3OS/c1-20-8-9-24(21(2)18-20)29-15-13-28(14-16-29)19-26(31)30-12-10-25-23(11-17-32-25)27(30)22-6-4-3-5-7-22/h3-9,11,17-18,27H,10,12-16,19H2,1-2H3. The Labute approximate surface area is 195 Å². The van der Waals surface area contributed by atoms with Crippen LogP contribution in [-0.2, 0) is 11.2 Å². The Bertz CT molecular complexity index is 1090. The Kier molecular flexibility index (Phi) is 6.03. The summed E-state index contributed by atoms with van der Waals surface area (Å²) in [7, 11) is 0. The van der Waals surface area contributed by atoms with Crippen LogP contribution in [-0.4, -0.2) is 55.0 Å². The lowest BCUT2D eigenvalue weighted by Gasteiger charge is -2.40. The van der Waals surface area contributed by atoms with Crippen LogP contribution in [0.4, 0.5) is 5.69 Å². The number of anilines is 1. The van der Waals surface area contributed by atoms with Crippen molar-refractivity contribution in [3.8, 4) is 0 Å². The van der Waals surface area contributed by atoms with Gasteiger partial charge in [0.2, 0.25) is 5.91 Å². The van der Waals surface area contributed by atoms with Crippen molar-refractivity contribution in [2.45, 2.75) is 26.3 Å². The molecule has 3 heterocycles. The van der Waals surface area contributed by atoms with Gasteiger partial charge in [0.15, 0.2) is 0 Å². The van der Waals surface area contributed by atoms with Gasteiger partial charge in [-0.1, -0.05) is 48.0 Å². The molecule has 4 nitrogen and oxygen atoms in total. The molecule has 5 rings (SSSR count). The second kappa shape index (κ2) is 9.08. The molecule has 0 saturated carbocycles. The monoisotopic (exact) mass is 445 g/mol. The Hall–Kier alpha value is -2.63. The van der Waals surface area contributed by atoms with Crippen molar-refractivity contribution in [2.75, 3.05) is 44.2 Å². The van der Waals surface area contributed by atoms with E-state index in [0.29, 0.717) is 6.54 Å². The van der Waals surface area contributed by atoms with Gasteiger partial charge in [-0.15, -0.1) is 11.3 Å². The smallest absolute Gasteiger partial charge is 0.237 e. The first-order valence-electron chi connectivity index (χ1n) is 11.6. The average molecular weight is 446 g/mol. The second-order valence-corrected chi connectivity index (χ2v) is 10.0. The minimum absolute atomic E-state index is 0.0372. The third-order valence-electron chi connectivity index (χ3n) is 6.83. The van der Waals surface area contributed by atoms with Crippen molar-refractivity contribution in [2.24, 2.45) is 0 Å². The number of nitrogens with zero attached hydrogens (tertiary/aromatic N) is 3. The lowest BCUT2D eigenvalue weighted by atomic mass is 9.93. The van der Waals surface area contributed by atoms with Crippen molar-refractivity contribution >= 4 is 22.9 Å². The van der Waals surface area contributed by atoms with E-state index in [1.54, 1.807) is 0 Å². The summed E-state index contributed by atoms with van der Waals surface area (Å²) in [5.74, 6) is 0.246. The van der Waals surface area contributed by atoms with E-state index in [9.17, 15) is 4.79 Å². The van der Waals surface area contributed by atoms with E-state index in [1.165, 1.54) is 32.8 Å². The number of benzene rings is 2. The van der Waals surface area contributed by atoms with Gasteiger partial charge in [0, 0.05) is 43.3 Å². The first-order chi connectivity index (χ1) is 15.6. The molecule has 1 saturated heterocycles. The summed E-state index contributed by atoms with van der Waals surface area (Å²) in [6.45, 7) is 9.42. The third-order valence-corrected chi connectivity index (χ3v) is 7.82. The number of carbonyl (C=O) groups excluding carboxylic acids is 1. The van der Waals surface area contributed by atoms with Gasteiger partial charge in [0.25, 0.3) is 0 Å². The molecule has 0 aliphatic carbocycles. The maximum atomic E-state index is 13.5. The number of hydrogen-bond donors (Lipinski definition) is 0. The Morgan fingerprint density at radius 2 is 1.75 bits per heavy atom. The van der Waals surface area contributed by atoms with E-state index in [-0.39, 0.29) is 11.9 Å². The Morgan fingerprint density at radius 3 is 2.50 bits per heavy atom. The molecule has 0 bridgehead atoms. The van der Waals surface area contributed by atoms with Gasteiger partial charge in [0.05, 0.1) is 12.6 Å². The molecule has 0 N–H and O–H groups in total. The molecular formula is C27H31N3OS. The summed E-state index contributed by atoms with van der Waals surface area (Å²) >= 11 is 1.82. The van der Waals surface area contributed by atoms with E-state index in [4.69, 9.17) is 0 Å². The lowest BCUT2D eigenvalue weighted by Crippen LogP contribution is -2.51. The van der Waals surface area contributed by atoms with Gasteiger partial charge in [0.1, 0.15) is 0 Å². The predicted molar refractivity (Wildman–Crippen MR) is 133 cm³/mol. The molecule has 1 unspecified atom stereocenters. The maximum Gasteiger partial charge on any atom is 0.237 e. The fraction of sp³-hybridized carbons (Fsp3) is 0.370. The molecule has 0 radical (unpaired) electrons. The van der Waals surface area contributed by atoms with Crippen LogP contribution >= 0.6 is 11.3 Å². The van der Waals surface area contributed by atoms with Crippen LogP contribution in [0, 0.1) is 13.8 Å². The van der Waals surface area contributed by atoms with Crippen molar-refractivity contribution in [1.29, 1.82) is 0 Å². The molecule has 1 aromatic heterocycles. The van der Waals surface area contributed by atoms with Crippen LogP contribution in [0.2, 0.25) is 0 Å². The molecule has 3 aromatic rings. The minimum Gasteiger partial charge on any atom is -0.369 e. The number of hydrogen-bond acceptors (Lipinski definition) is 4. The summed E-state index contributed by atoms with van der Waals surface area (Å²) in [6, 6.07) is 19.4. The highest BCUT2D eigenvalue weighted by Gasteiger charge is 2.33. The molecule has 0 spiro atoms. The van der Waals surface area contributed by atoms with E-state index < -0.39 is 0 Å². The highest BCUT2D eigenvalue weighted by molar-refractivity contribution is 7.10. The Morgan fingerprint density at radius 1 is 0.969 bits per heavy atom. The zero-order chi connectivity index (χ0) is 22.1. The molecule has 2 aliphatic heterocycles. The van der Waals surface area contributed by atoms with Crippen molar-refractivity contribution < 1.29 is 4.79 Å². The summed E-state index contributed by atoms with van der Waals surface area (Å²) < 4.78 is 0. The van der Waals surface area contributed by atoms with Crippen LogP contribution in [0.3, 0.4) is 0 Å². The van der Waals surface area contributed by atoms with Gasteiger partial charge in [-0.25, -0.2) is 0 Å². The Balaban J connectivity index is 1.27. The number of rotatable bonds is 4. The number of fused-ring (bicyclic) bond motifs is 1. The van der Waals surface area contributed by atoms with Crippen LogP contribution < -0.4 is 4.90 Å². The molecule has 2 aromatic carbocycles. The molecule has 5 heteroatoms.